The predicted molar refractivity (Wildman–Crippen MR) is 79.4 cm³/mol. The van der Waals surface area contributed by atoms with Gasteiger partial charge in [0.25, 0.3) is 0 Å². The molecule has 0 radical (unpaired) electrons. The number of aliphatic hydroxyl groups excluding tert-OH is 1. The normalized spacial score (nSPS) is 20.5. The highest BCUT2D eigenvalue weighted by Gasteiger charge is 2.25. The summed E-state index contributed by atoms with van der Waals surface area (Å²) in [6.45, 7) is 0. The number of rotatable bonds is 3. The second-order valence-electron chi connectivity index (χ2n) is 4.83. The average molecular weight is 307 g/mol. The number of hydrogen-bond donors (Lipinski definition) is 1. The smallest absolute Gasteiger partial charge is 0.337 e. The van der Waals surface area contributed by atoms with Crippen LogP contribution in [0.3, 0.4) is 0 Å². The Morgan fingerprint density at radius 2 is 2.00 bits per heavy atom. The summed E-state index contributed by atoms with van der Waals surface area (Å²) in [5, 5.41) is 9.56. The Labute approximate surface area is 127 Å². The van der Waals surface area contributed by atoms with E-state index in [0.29, 0.717) is 34.6 Å². The van der Waals surface area contributed by atoms with Crippen LogP contribution < -0.4 is 0 Å². The summed E-state index contributed by atoms with van der Waals surface area (Å²) in [5.74, 6) is -0.351. The number of carbonyl (C=O) groups excluding carboxylic acids is 2. The molecular weight excluding hydrogens is 292 g/mol. The maximum atomic E-state index is 11.4. The molecule has 2 rings (SSSR count). The molecule has 1 unspecified atom stereocenters. The van der Waals surface area contributed by atoms with Gasteiger partial charge in [0, 0.05) is 11.1 Å². The summed E-state index contributed by atoms with van der Waals surface area (Å²) in [5.41, 5.74) is 2.47. The van der Waals surface area contributed by atoms with Crippen LogP contribution in [-0.4, -0.2) is 24.5 Å². The van der Waals surface area contributed by atoms with E-state index in [0.717, 1.165) is 18.1 Å². The lowest BCUT2D eigenvalue weighted by atomic mass is 9.81. The summed E-state index contributed by atoms with van der Waals surface area (Å²) >= 11 is 6.05. The average Bonchev–Trinajstić information content (AvgIpc) is 2.54. The molecule has 21 heavy (non-hydrogen) atoms. The second-order valence-corrected chi connectivity index (χ2v) is 5.21. The minimum absolute atomic E-state index is 0.0396. The number of allylic oxidation sites excluding steroid dienone is 3. The number of benzene rings is 1. The van der Waals surface area contributed by atoms with Gasteiger partial charge >= 0.3 is 5.97 Å². The third-order valence-corrected chi connectivity index (χ3v) is 4.08. The standard InChI is InChI=1S/C16H15ClO4/c1-21-16(20)11-4-2-10(3-5-11)12-6-13(8-18)15(17)14(7-12)9-19/h2-5,8-9,12,18H,6-7H2,1H3/b13-8+. The largest absolute Gasteiger partial charge is 0.515 e. The lowest BCUT2D eigenvalue weighted by molar-refractivity contribution is -0.105. The van der Waals surface area contributed by atoms with Crippen molar-refractivity contribution in [3.63, 3.8) is 0 Å². The Hall–Kier alpha value is -2.07. The monoisotopic (exact) mass is 306 g/mol. The zero-order valence-corrected chi connectivity index (χ0v) is 12.3. The molecule has 1 aliphatic rings. The van der Waals surface area contributed by atoms with E-state index >= 15 is 0 Å². The zero-order chi connectivity index (χ0) is 15.4. The molecule has 0 saturated carbocycles. The molecule has 4 nitrogen and oxygen atoms in total. The SMILES string of the molecule is COC(=O)c1ccc(C2CC(C=O)=C(Cl)/C(=C/O)C2)cc1. The van der Waals surface area contributed by atoms with E-state index in [4.69, 9.17) is 11.6 Å². The van der Waals surface area contributed by atoms with Gasteiger partial charge in [-0.2, -0.15) is 0 Å². The predicted octanol–water partition coefficient (Wildman–Crippen LogP) is 3.48. The number of carbonyl (C=O) groups is 2. The summed E-state index contributed by atoms with van der Waals surface area (Å²) < 4.78 is 4.65. The van der Waals surface area contributed by atoms with Crippen LogP contribution in [0, 0.1) is 0 Å². The summed E-state index contributed by atoms with van der Waals surface area (Å²) in [6.07, 6.45) is 2.73. The molecule has 110 valence electrons. The Morgan fingerprint density at radius 3 is 2.52 bits per heavy atom. The number of aldehydes is 1. The molecule has 0 aromatic heterocycles. The molecule has 0 amide bonds. The number of halogens is 1. The van der Waals surface area contributed by atoms with Gasteiger partial charge in [0.1, 0.15) is 6.29 Å². The quantitative estimate of drug-likeness (QED) is 0.527. The molecule has 1 aromatic carbocycles. The lowest BCUT2D eigenvalue weighted by Gasteiger charge is -2.24. The van der Waals surface area contributed by atoms with Crippen LogP contribution in [-0.2, 0) is 9.53 Å². The van der Waals surface area contributed by atoms with E-state index in [1.807, 2.05) is 12.1 Å². The molecule has 1 N–H and O–H groups in total. The van der Waals surface area contributed by atoms with Crippen molar-refractivity contribution in [3.05, 3.63) is 57.8 Å². The van der Waals surface area contributed by atoms with Crippen molar-refractivity contribution in [1.29, 1.82) is 0 Å². The van der Waals surface area contributed by atoms with Gasteiger partial charge in [-0.3, -0.25) is 4.79 Å². The van der Waals surface area contributed by atoms with E-state index in [-0.39, 0.29) is 5.92 Å². The molecule has 0 saturated heterocycles. The third kappa shape index (κ3) is 3.16. The van der Waals surface area contributed by atoms with Gasteiger partial charge in [-0.25, -0.2) is 4.79 Å². The first-order valence-electron chi connectivity index (χ1n) is 6.46. The van der Waals surface area contributed by atoms with Gasteiger partial charge in [0.2, 0.25) is 0 Å². The van der Waals surface area contributed by atoms with Gasteiger partial charge in [-0.1, -0.05) is 23.7 Å². The highest BCUT2D eigenvalue weighted by atomic mass is 35.5. The summed E-state index contributed by atoms with van der Waals surface area (Å²) in [4.78, 5) is 22.5. The van der Waals surface area contributed by atoms with Crippen LogP contribution in [0.5, 0.6) is 0 Å². The first kappa shape index (κ1) is 15.3. The van der Waals surface area contributed by atoms with Crippen LogP contribution in [0.1, 0.15) is 34.7 Å². The molecule has 0 heterocycles. The van der Waals surface area contributed by atoms with Crippen molar-refractivity contribution in [3.8, 4) is 0 Å². The molecule has 5 heteroatoms. The van der Waals surface area contributed by atoms with Crippen molar-refractivity contribution < 1.29 is 19.4 Å². The molecule has 0 bridgehead atoms. The highest BCUT2D eigenvalue weighted by Crippen LogP contribution is 2.40. The Balaban J connectivity index is 2.27. The molecule has 0 aliphatic heterocycles. The van der Waals surface area contributed by atoms with E-state index in [2.05, 4.69) is 4.74 Å². The van der Waals surface area contributed by atoms with Crippen molar-refractivity contribution in [1.82, 2.24) is 0 Å². The van der Waals surface area contributed by atoms with Crippen LogP contribution in [0.2, 0.25) is 0 Å². The van der Waals surface area contributed by atoms with E-state index in [9.17, 15) is 14.7 Å². The van der Waals surface area contributed by atoms with Gasteiger partial charge < -0.3 is 9.84 Å². The molecule has 1 atom stereocenters. The van der Waals surface area contributed by atoms with E-state index in [1.54, 1.807) is 12.1 Å². The third-order valence-electron chi connectivity index (χ3n) is 3.60. The second kappa shape index (κ2) is 6.59. The van der Waals surface area contributed by atoms with Crippen molar-refractivity contribution >= 4 is 23.9 Å². The number of aliphatic hydroxyl groups is 1. The number of esters is 1. The zero-order valence-electron chi connectivity index (χ0n) is 11.5. The maximum absolute atomic E-state index is 11.4. The van der Waals surface area contributed by atoms with Crippen molar-refractivity contribution in [2.24, 2.45) is 0 Å². The number of methoxy groups -OCH3 is 1. The highest BCUT2D eigenvalue weighted by molar-refractivity contribution is 6.33. The first-order chi connectivity index (χ1) is 10.1. The van der Waals surface area contributed by atoms with Crippen LogP contribution in [0.4, 0.5) is 0 Å². The summed E-state index contributed by atoms with van der Waals surface area (Å²) in [7, 11) is 1.33. The fraction of sp³-hybridized carbons (Fsp3) is 0.250. The lowest BCUT2D eigenvalue weighted by Crippen LogP contribution is -2.11. The Kier molecular flexibility index (Phi) is 4.81. The Morgan fingerprint density at radius 1 is 1.33 bits per heavy atom. The fourth-order valence-electron chi connectivity index (χ4n) is 2.44. The molecule has 1 aliphatic carbocycles. The van der Waals surface area contributed by atoms with Gasteiger partial charge in [-0.15, -0.1) is 0 Å². The van der Waals surface area contributed by atoms with Crippen molar-refractivity contribution in [2.75, 3.05) is 7.11 Å². The molecule has 1 aromatic rings. The van der Waals surface area contributed by atoms with Gasteiger partial charge in [0.15, 0.2) is 0 Å². The number of hydrogen-bond acceptors (Lipinski definition) is 4. The van der Waals surface area contributed by atoms with E-state index in [1.165, 1.54) is 7.11 Å². The molecular formula is C16H15ClO4. The van der Waals surface area contributed by atoms with Crippen molar-refractivity contribution in [2.45, 2.75) is 18.8 Å². The summed E-state index contributed by atoms with van der Waals surface area (Å²) in [6, 6.07) is 7.02. The fourth-order valence-corrected chi connectivity index (χ4v) is 2.69. The van der Waals surface area contributed by atoms with Crippen LogP contribution in [0.15, 0.2) is 46.7 Å². The molecule has 0 fully saturated rings. The maximum Gasteiger partial charge on any atom is 0.337 e. The van der Waals surface area contributed by atoms with Crippen LogP contribution >= 0.6 is 11.6 Å². The Bertz CT molecular complexity index is 614. The van der Waals surface area contributed by atoms with Gasteiger partial charge in [0.05, 0.1) is 24.0 Å². The minimum Gasteiger partial charge on any atom is -0.515 e. The van der Waals surface area contributed by atoms with Gasteiger partial charge in [-0.05, 0) is 36.5 Å². The van der Waals surface area contributed by atoms with Crippen LogP contribution in [0.25, 0.3) is 0 Å². The van der Waals surface area contributed by atoms with E-state index < -0.39 is 5.97 Å². The first-order valence-corrected chi connectivity index (χ1v) is 6.84. The minimum atomic E-state index is -0.391. The molecule has 0 spiro atoms. The topological polar surface area (TPSA) is 63.6 Å². The number of ether oxygens (including phenoxy) is 1.